The first-order chi connectivity index (χ1) is 19.8. The molecule has 0 aliphatic rings. The van der Waals surface area contributed by atoms with Gasteiger partial charge in [-0.1, -0.05) is 167 Å². The summed E-state index contributed by atoms with van der Waals surface area (Å²) in [5, 5.41) is 0. The Bertz CT molecular complexity index is 729. The Hall–Kier alpha value is -2.06. The van der Waals surface area contributed by atoms with Gasteiger partial charge in [-0.3, -0.25) is 0 Å². The van der Waals surface area contributed by atoms with Crippen molar-refractivity contribution in [3.8, 4) is 36.2 Å². The molecule has 1 aromatic carbocycles. The Morgan fingerprint density at radius 2 is 0.675 bits per heavy atom. The van der Waals surface area contributed by atoms with E-state index in [-0.39, 0.29) is 0 Å². The maximum absolute atomic E-state index is 6.05. The first kappa shape index (κ1) is 36.0. The second-order valence-corrected chi connectivity index (χ2v) is 11.6. The van der Waals surface area contributed by atoms with Crippen LogP contribution in [-0.4, -0.2) is 13.2 Å². The zero-order chi connectivity index (χ0) is 28.9. The molecule has 0 atom stereocenters. The Kier molecular flexibility index (Phi) is 24.4. The van der Waals surface area contributed by atoms with Crippen LogP contribution < -0.4 is 9.47 Å². The van der Waals surface area contributed by atoms with E-state index in [2.05, 4.69) is 25.7 Å². The average Bonchev–Trinajstić information content (AvgIpc) is 2.97. The summed E-state index contributed by atoms with van der Waals surface area (Å²) in [6.45, 7) is 5.91. The van der Waals surface area contributed by atoms with E-state index in [1.165, 1.54) is 141 Å². The predicted molar refractivity (Wildman–Crippen MR) is 175 cm³/mol. The Morgan fingerprint density at radius 1 is 0.425 bits per heavy atom. The highest BCUT2D eigenvalue weighted by molar-refractivity contribution is 5.57. The molecule has 2 nitrogen and oxygen atoms in total. The molecule has 1 rings (SSSR count). The first-order valence-electron chi connectivity index (χ1n) is 17.1. The van der Waals surface area contributed by atoms with E-state index in [1.807, 2.05) is 12.1 Å². The average molecular weight is 551 g/mol. The molecule has 0 aliphatic carbocycles. The SMILES string of the molecule is C#Cc1cc(OCCCCCCCCCCCCCC)c(C#C)cc1OCCCCCCCCCCCCCC. The molecule has 0 radical (unpaired) electrons. The molecule has 0 saturated heterocycles. The van der Waals surface area contributed by atoms with Gasteiger partial charge in [0.25, 0.3) is 0 Å². The van der Waals surface area contributed by atoms with Crippen LogP contribution in [0, 0.1) is 24.7 Å². The summed E-state index contributed by atoms with van der Waals surface area (Å²) in [5.74, 6) is 6.93. The number of unbranched alkanes of at least 4 members (excludes halogenated alkanes) is 22. The second kappa shape index (κ2) is 27.1. The molecule has 0 aromatic heterocycles. The molecule has 40 heavy (non-hydrogen) atoms. The van der Waals surface area contributed by atoms with Crippen LogP contribution in [0.4, 0.5) is 0 Å². The number of hydrogen-bond donors (Lipinski definition) is 0. The van der Waals surface area contributed by atoms with Gasteiger partial charge in [-0.2, -0.15) is 0 Å². The summed E-state index contributed by atoms with van der Waals surface area (Å²) in [7, 11) is 0. The first-order valence-corrected chi connectivity index (χ1v) is 17.1. The van der Waals surface area contributed by atoms with E-state index in [1.54, 1.807) is 0 Å². The lowest BCUT2D eigenvalue weighted by molar-refractivity contribution is 0.295. The minimum atomic E-state index is 0.676. The summed E-state index contributed by atoms with van der Waals surface area (Å²) in [4.78, 5) is 0. The topological polar surface area (TPSA) is 18.5 Å². The number of hydrogen-bond acceptors (Lipinski definition) is 2. The molecule has 0 bridgehead atoms. The predicted octanol–water partition coefficient (Wildman–Crippen LogP) is 11.8. The third-order valence-electron chi connectivity index (χ3n) is 7.90. The van der Waals surface area contributed by atoms with Gasteiger partial charge in [0.05, 0.1) is 24.3 Å². The van der Waals surface area contributed by atoms with Gasteiger partial charge in [0.2, 0.25) is 0 Å². The number of benzene rings is 1. The van der Waals surface area contributed by atoms with Crippen molar-refractivity contribution in [3.05, 3.63) is 23.3 Å². The number of ether oxygens (including phenoxy) is 2. The smallest absolute Gasteiger partial charge is 0.136 e. The Labute approximate surface area is 249 Å². The highest BCUT2D eigenvalue weighted by Crippen LogP contribution is 2.29. The van der Waals surface area contributed by atoms with Gasteiger partial charge in [-0.25, -0.2) is 0 Å². The van der Waals surface area contributed by atoms with Gasteiger partial charge < -0.3 is 9.47 Å². The van der Waals surface area contributed by atoms with Crippen molar-refractivity contribution in [2.45, 2.75) is 168 Å². The van der Waals surface area contributed by atoms with Gasteiger partial charge in [0.1, 0.15) is 11.5 Å². The molecule has 0 aliphatic heterocycles. The minimum absolute atomic E-state index is 0.676. The molecule has 2 heteroatoms. The van der Waals surface area contributed by atoms with Gasteiger partial charge in [0.15, 0.2) is 0 Å². The third kappa shape index (κ3) is 19.1. The fraction of sp³-hybridized carbons (Fsp3) is 0.737. The van der Waals surface area contributed by atoms with Crippen LogP contribution in [0.3, 0.4) is 0 Å². The fourth-order valence-electron chi connectivity index (χ4n) is 5.27. The third-order valence-corrected chi connectivity index (χ3v) is 7.90. The maximum Gasteiger partial charge on any atom is 0.136 e. The molecule has 0 unspecified atom stereocenters. The molecule has 0 spiro atoms. The second-order valence-electron chi connectivity index (χ2n) is 11.6. The molecule has 0 amide bonds. The van der Waals surface area contributed by atoms with E-state index in [4.69, 9.17) is 22.3 Å². The molecule has 226 valence electrons. The van der Waals surface area contributed by atoms with E-state index in [0.717, 1.165) is 24.0 Å². The van der Waals surface area contributed by atoms with Crippen LogP contribution in [-0.2, 0) is 0 Å². The van der Waals surface area contributed by atoms with Crippen LogP contribution in [0.1, 0.15) is 179 Å². The summed E-state index contributed by atoms with van der Waals surface area (Å²) in [6, 6.07) is 3.76. The van der Waals surface area contributed by atoms with Gasteiger partial charge in [-0.05, 0) is 12.8 Å². The summed E-state index contributed by atoms with van der Waals surface area (Å²) >= 11 is 0. The standard InChI is InChI=1S/C38H62O2/c1-5-9-11-13-15-17-19-21-23-25-27-29-31-39-37-33-36(8-4)38(34-35(37)7-3)40-32-30-28-26-24-22-20-18-16-14-12-10-6-2/h3-4,33-34H,5-6,9-32H2,1-2H3. The number of rotatable bonds is 28. The van der Waals surface area contributed by atoms with E-state index >= 15 is 0 Å². The van der Waals surface area contributed by atoms with Gasteiger partial charge in [0, 0.05) is 12.1 Å². The van der Waals surface area contributed by atoms with Crippen molar-refractivity contribution in [2.75, 3.05) is 13.2 Å². The lowest BCUT2D eigenvalue weighted by Gasteiger charge is -2.13. The van der Waals surface area contributed by atoms with Crippen LogP contribution in [0.25, 0.3) is 0 Å². The number of terminal acetylenes is 2. The molecule has 0 fully saturated rings. The van der Waals surface area contributed by atoms with E-state index < -0.39 is 0 Å². The van der Waals surface area contributed by atoms with Crippen LogP contribution >= 0.6 is 0 Å². The van der Waals surface area contributed by atoms with Crippen LogP contribution in [0.5, 0.6) is 11.5 Å². The maximum atomic E-state index is 6.05. The van der Waals surface area contributed by atoms with Crippen molar-refractivity contribution in [2.24, 2.45) is 0 Å². The Morgan fingerprint density at radius 3 is 0.925 bits per heavy atom. The molecule has 1 aromatic rings. The fourth-order valence-corrected chi connectivity index (χ4v) is 5.27. The zero-order valence-corrected chi connectivity index (χ0v) is 26.5. The monoisotopic (exact) mass is 550 g/mol. The van der Waals surface area contributed by atoms with Crippen LogP contribution in [0.15, 0.2) is 12.1 Å². The summed E-state index contributed by atoms with van der Waals surface area (Å²) in [5.41, 5.74) is 1.45. The molecule has 0 N–H and O–H groups in total. The lowest BCUT2D eigenvalue weighted by atomic mass is 10.1. The highest BCUT2D eigenvalue weighted by atomic mass is 16.5. The van der Waals surface area contributed by atoms with Gasteiger partial charge >= 0.3 is 0 Å². The van der Waals surface area contributed by atoms with Gasteiger partial charge in [-0.15, -0.1) is 12.8 Å². The van der Waals surface area contributed by atoms with Crippen molar-refractivity contribution >= 4 is 0 Å². The van der Waals surface area contributed by atoms with Crippen molar-refractivity contribution in [1.82, 2.24) is 0 Å². The quantitative estimate of drug-likeness (QED) is 0.0763. The summed E-state index contributed by atoms with van der Waals surface area (Å²) in [6.07, 6.45) is 43.5. The van der Waals surface area contributed by atoms with E-state index in [9.17, 15) is 0 Å². The zero-order valence-electron chi connectivity index (χ0n) is 26.5. The molecule has 0 heterocycles. The Balaban J connectivity index is 2.17. The normalized spacial score (nSPS) is 10.8. The van der Waals surface area contributed by atoms with Crippen molar-refractivity contribution < 1.29 is 9.47 Å². The molecular weight excluding hydrogens is 488 g/mol. The highest BCUT2D eigenvalue weighted by Gasteiger charge is 2.10. The van der Waals surface area contributed by atoms with Crippen molar-refractivity contribution in [1.29, 1.82) is 0 Å². The van der Waals surface area contributed by atoms with Crippen molar-refractivity contribution in [3.63, 3.8) is 0 Å². The molecular formula is C38H62O2. The van der Waals surface area contributed by atoms with E-state index in [0.29, 0.717) is 24.7 Å². The minimum Gasteiger partial charge on any atom is -0.492 e. The summed E-state index contributed by atoms with van der Waals surface area (Å²) < 4.78 is 12.1. The molecule has 0 saturated carbocycles. The lowest BCUT2D eigenvalue weighted by Crippen LogP contribution is -2.03. The van der Waals surface area contributed by atoms with Crippen LogP contribution in [0.2, 0.25) is 0 Å². The largest absolute Gasteiger partial charge is 0.492 e.